The van der Waals surface area contributed by atoms with Gasteiger partial charge in [-0.05, 0) is 38.0 Å². The number of esters is 1. The van der Waals surface area contributed by atoms with Crippen molar-refractivity contribution in [1.29, 1.82) is 0 Å². The zero-order chi connectivity index (χ0) is 15.4. The molecule has 0 aromatic heterocycles. The molecule has 0 bridgehead atoms. The second kappa shape index (κ2) is 6.47. The molecule has 1 fully saturated rings. The van der Waals surface area contributed by atoms with E-state index in [0.29, 0.717) is 36.6 Å². The number of amides is 1. The van der Waals surface area contributed by atoms with Crippen LogP contribution in [0.2, 0.25) is 0 Å². The number of anilines is 1. The number of carbonyl (C=O) groups is 2. The van der Waals surface area contributed by atoms with E-state index in [1.807, 2.05) is 0 Å². The van der Waals surface area contributed by atoms with E-state index in [0.717, 1.165) is 6.42 Å². The van der Waals surface area contributed by atoms with E-state index < -0.39 is 6.04 Å². The fourth-order valence-electron chi connectivity index (χ4n) is 2.50. The highest BCUT2D eigenvalue weighted by Crippen LogP contribution is 2.26. The maximum absolute atomic E-state index is 12.6. The van der Waals surface area contributed by atoms with Gasteiger partial charge in [0.25, 0.3) is 5.91 Å². The first-order valence-corrected chi connectivity index (χ1v) is 6.99. The van der Waals surface area contributed by atoms with Crippen molar-refractivity contribution in [1.82, 2.24) is 4.90 Å². The van der Waals surface area contributed by atoms with Gasteiger partial charge in [0.05, 0.1) is 19.3 Å². The van der Waals surface area contributed by atoms with E-state index in [9.17, 15) is 9.59 Å². The number of nitrogens with two attached hydrogens (primary N) is 1. The Morgan fingerprint density at radius 1 is 1.43 bits per heavy atom. The standard InChI is InChI=1S/C15H20N2O4/c1-3-21-15(19)13-5-4-8-17(13)14(18)11-9-10(20-2)6-7-12(11)16/h6-7,9,13H,3-5,8,16H2,1-2H3. The van der Waals surface area contributed by atoms with Gasteiger partial charge in [-0.1, -0.05) is 0 Å². The smallest absolute Gasteiger partial charge is 0.328 e. The van der Waals surface area contributed by atoms with Gasteiger partial charge in [0.1, 0.15) is 11.8 Å². The minimum absolute atomic E-state index is 0.262. The zero-order valence-corrected chi connectivity index (χ0v) is 12.3. The number of ether oxygens (including phenoxy) is 2. The minimum atomic E-state index is -0.525. The van der Waals surface area contributed by atoms with Gasteiger partial charge in [-0.2, -0.15) is 0 Å². The summed E-state index contributed by atoms with van der Waals surface area (Å²) < 4.78 is 10.1. The molecule has 1 unspecified atom stereocenters. The molecule has 6 nitrogen and oxygen atoms in total. The van der Waals surface area contributed by atoms with Crippen LogP contribution in [-0.2, 0) is 9.53 Å². The monoisotopic (exact) mass is 292 g/mol. The maximum atomic E-state index is 12.6. The van der Waals surface area contributed by atoms with Gasteiger partial charge in [0, 0.05) is 12.2 Å². The lowest BCUT2D eigenvalue weighted by atomic mass is 10.1. The van der Waals surface area contributed by atoms with Crippen LogP contribution in [-0.4, -0.2) is 43.1 Å². The van der Waals surface area contributed by atoms with Crippen molar-refractivity contribution in [2.24, 2.45) is 0 Å². The molecule has 6 heteroatoms. The first-order valence-electron chi connectivity index (χ1n) is 6.99. The Kier molecular flexibility index (Phi) is 4.67. The van der Waals surface area contributed by atoms with Crippen LogP contribution >= 0.6 is 0 Å². The molecule has 1 aromatic rings. The molecule has 1 amide bonds. The van der Waals surface area contributed by atoms with E-state index in [1.54, 1.807) is 25.1 Å². The Morgan fingerprint density at radius 3 is 2.86 bits per heavy atom. The minimum Gasteiger partial charge on any atom is -0.497 e. The van der Waals surface area contributed by atoms with E-state index in [4.69, 9.17) is 15.2 Å². The van der Waals surface area contributed by atoms with Crippen molar-refractivity contribution >= 4 is 17.6 Å². The van der Waals surface area contributed by atoms with Gasteiger partial charge in [0.2, 0.25) is 0 Å². The van der Waals surface area contributed by atoms with Crippen LogP contribution < -0.4 is 10.5 Å². The number of hydrogen-bond donors (Lipinski definition) is 1. The topological polar surface area (TPSA) is 81.9 Å². The molecule has 0 radical (unpaired) electrons. The van der Waals surface area contributed by atoms with Gasteiger partial charge in [0.15, 0.2) is 0 Å². The number of likely N-dealkylation sites (tertiary alicyclic amines) is 1. The lowest BCUT2D eigenvalue weighted by molar-refractivity contribution is -0.147. The molecular weight excluding hydrogens is 272 g/mol. The highest BCUT2D eigenvalue weighted by molar-refractivity contribution is 6.01. The molecular formula is C15H20N2O4. The van der Waals surface area contributed by atoms with Crippen LogP contribution in [0.1, 0.15) is 30.1 Å². The molecule has 1 aromatic carbocycles. The van der Waals surface area contributed by atoms with Crippen LogP contribution in [0.4, 0.5) is 5.69 Å². The first-order chi connectivity index (χ1) is 10.1. The van der Waals surface area contributed by atoms with Crippen molar-refractivity contribution in [2.45, 2.75) is 25.8 Å². The van der Waals surface area contributed by atoms with E-state index in [2.05, 4.69) is 0 Å². The van der Waals surface area contributed by atoms with Crippen molar-refractivity contribution in [3.05, 3.63) is 23.8 Å². The predicted octanol–water partition coefficient (Wildman–Crippen LogP) is 1.45. The Bertz CT molecular complexity index is 544. The zero-order valence-electron chi connectivity index (χ0n) is 12.3. The molecule has 1 atom stereocenters. The average Bonchev–Trinajstić information content (AvgIpc) is 2.97. The number of carbonyl (C=O) groups excluding carboxylic acids is 2. The van der Waals surface area contributed by atoms with Gasteiger partial charge >= 0.3 is 5.97 Å². The highest BCUT2D eigenvalue weighted by Gasteiger charge is 2.36. The number of benzene rings is 1. The van der Waals surface area contributed by atoms with Crippen molar-refractivity contribution in [3.63, 3.8) is 0 Å². The summed E-state index contributed by atoms with van der Waals surface area (Å²) in [5, 5.41) is 0. The van der Waals surface area contributed by atoms with Crippen LogP contribution in [0.15, 0.2) is 18.2 Å². The fraction of sp³-hybridized carbons (Fsp3) is 0.467. The summed E-state index contributed by atoms with van der Waals surface area (Å²) in [5.74, 6) is -0.0637. The number of nitrogens with zero attached hydrogens (tertiary/aromatic N) is 1. The van der Waals surface area contributed by atoms with Crippen molar-refractivity contribution in [3.8, 4) is 5.75 Å². The molecule has 114 valence electrons. The Balaban J connectivity index is 2.24. The molecule has 1 aliphatic heterocycles. The number of rotatable bonds is 4. The largest absolute Gasteiger partial charge is 0.497 e. The number of methoxy groups -OCH3 is 1. The Labute approximate surface area is 123 Å². The molecule has 21 heavy (non-hydrogen) atoms. The molecule has 2 rings (SSSR count). The van der Waals surface area contributed by atoms with Crippen LogP contribution in [0, 0.1) is 0 Å². The normalized spacial score (nSPS) is 17.6. The summed E-state index contributed by atoms with van der Waals surface area (Å²) >= 11 is 0. The second-order valence-electron chi connectivity index (χ2n) is 4.86. The summed E-state index contributed by atoms with van der Waals surface area (Å²) in [6.07, 6.45) is 1.40. The van der Waals surface area contributed by atoms with Crippen molar-refractivity contribution < 1.29 is 19.1 Å². The van der Waals surface area contributed by atoms with Crippen LogP contribution in [0.25, 0.3) is 0 Å². The predicted molar refractivity (Wildman–Crippen MR) is 78.1 cm³/mol. The SMILES string of the molecule is CCOC(=O)C1CCCN1C(=O)c1cc(OC)ccc1N. The van der Waals surface area contributed by atoms with Gasteiger partial charge in [-0.15, -0.1) is 0 Å². The van der Waals surface area contributed by atoms with Crippen LogP contribution in [0.3, 0.4) is 0 Å². The highest BCUT2D eigenvalue weighted by atomic mass is 16.5. The molecule has 1 saturated heterocycles. The van der Waals surface area contributed by atoms with Gasteiger partial charge in [-0.25, -0.2) is 4.79 Å². The third-order valence-electron chi connectivity index (χ3n) is 3.56. The van der Waals surface area contributed by atoms with E-state index >= 15 is 0 Å². The summed E-state index contributed by atoms with van der Waals surface area (Å²) in [6, 6.07) is 4.39. The first kappa shape index (κ1) is 15.2. The third kappa shape index (κ3) is 3.09. The molecule has 0 spiro atoms. The lowest BCUT2D eigenvalue weighted by Gasteiger charge is -2.23. The Hall–Kier alpha value is -2.24. The summed E-state index contributed by atoms with van der Waals surface area (Å²) in [6.45, 7) is 2.58. The molecule has 1 aliphatic rings. The molecule has 1 heterocycles. The summed E-state index contributed by atoms with van der Waals surface area (Å²) in [5.41, 5.74) is 6.60. The van der Waals surface area contributed by atoms with E-state index in [-0.39, 0.29) is 11.9 Å². The number of hydrogen-bond acceptors (Lipinski definition) is 5. The molecule has 2 N–H and O–H groups in total. The quantitative estimate of drug-likeness (QED) is 0.671. The van der Waals surface area contributed by atoms with Crippen molar-refractivity contribution in [2.75, 3.05) is 26.0 Å². The lowest BCUT2D eigenvalue weighted by Crippen LogP contribution is -2.41. The van der Waals surface area contributed by atoms with Gasteiger partial charge in [-0.3, -0.25) is 4.79 Å². The van der Waals surface area contributed by atoms with E-state index in [1.165, 1.54) is 12.0 Å². The Morgan fingerprint density at radius 2 is 2.19 bits per heavy atom. The fourth-order valence-corrected chi connectivity index (χ4v) is 2.50. The van der Waals surface area contributed by atoms with Gasteiger partial charge < -0.3 is 20.1 Å². The third-order valence-corrected chi connectivity index (χ3v) is 3.56. The molecule has 0 saturated carbocycles. The number of nitrogen functional groups attached to an aromatic ring is 1. The average molecular weight is 292 g/mol. The van der Waals surface area contributed by atoms with Crippen LogP contribution in [0.5, 0.6) is 5.75 Å². The maximum Gasteiger partial charge on any atom is 0.328 e. The summed E-state index contributed by atoms with van der Waals surface area (Å²) in [4.78, 5) is 26.1. The summed E-state index contributed by atoms with van der Waals surface area (Å²) in [7, 11) is 1.52. The second-order valence-corrected chi connectivity index (χ2v) is 4.86. The molecule has 0 aliphatic carbocycles.